The van der Waals surface area contributed by atoms with Gasteiger partial charge >= 0.3 is 0 Å². The Balaban J connectivity index is 2.26. The van der Waals surface area contributed by atoms with E-state index in [0.29, 0.717) is 23.5 Å². The van der Waals surface area contributed by atoms with Crippen LogP contribution in [0.15, 0.2) is 42.5 Å². The lowest BCUT2D eigenvalue weighted by atomic mass is 10.1. The largest absolute Gasteiger partial charge is 0.399 e. The lowest BCUT2D eigenvalue weighted by Crippen LogP contribution is -2.24. The van der Waals surface area contributed by atoms with Crippen molar-refractivity contribution in [2.75, 3.05) is 17.2 Å². The van der Waals surface area contributed by atoms with Gasteiger partial charge in [0.2, 0.25) is 0 Å². The molecule has 0 saturated carbocycles. The van der Waals surface area contributed by atoms with Crippen LogP contribution in [0.4, 0.5) is 15.8 Å². The minimum absolute atomic E-state index is 0.334. The van der Waals surface area contributed by atoms with Crippen molar-refractivity contribution in [2.24, 2.45) is 0 Å². The van der Waals surface area contributed by atoms with E-state index in [2.05, 4.69) is 6.92 Å². The molecule has 0 aliphatic carbocycles. The quantitative estimate of drug-likeness (QED) is 0.851. The van der Waals surface area contributed by atoms with Gasteiger partial charge in [0.15, 0.2) is 0 Å². The van der Waals surface area contributed by atoms with Gasteiger partial charge < -0.3 is 10.6 Å². The van der Waals surface area contributed by atoms with E-state index < -0.39 is 0 Å². The third kappa shape index (κ3) is 3.73. The third-order valence-electron chi connectivity index (χ3n) is 3.26. The number of nitrogens with two attached hydrogens (primary N) is 1. The van der Waals surface area contributed by atoms with Crippen LogP contribution in [0, 0.1) is 17.1 Å². The number of nitrogen functional groups attached to an aromatic ring is 1. The third-order valence-corrected chi connectivity index (χ3v) is 3.26. The molecule has 0 aromatic heterocycles. The average molecular weight is 283 g/mol. The number of hydrogen-bond acceptors (Lipinski definition) is 3. The van der Waals surface area contributed by atoms with Crippen LogP contribution in [-0.4, -0.2) is 6.54 Å². The van der Waals surface area contributed by atoms with Crippen molar-refractivity contribution < 1.29 is 4.39 Å². The summed E-state index contributed by atoms with van der Waals surface area (Å²) in [6, 6.07) is 14.1. The summed E-state index contributed by atoms with van der Waals surface area (Å²) in [5.74, 6) is -0.363. The Hall–Kier alpha value is -2.54. The van der Waals surface area contributed by atoms with Crippen molar-refractivity contribution in [3.8, 4) is 6.07 Å². The maximum absolute atomic E-state index is 14.2. The Kier molecular flexibility index (Phi) is 4.78. The van der Waals surface area contributed by atoms with Crippen molar-refractivity contribution in [1.29, 1.82) is 5.26 Å². The van der Waals surface area contributed by atoms with Crippen LogP contribution < -0.4 is 10.6 Å². The number of anilines is 2. The second-order valence-electron chi connectivity index (χ2n) is 4.94. The molecule has 3 nitrogen and oxygen atoms in total. The molecular formula is C17H18FN3. The van der Waals surface area contributed by atoms with Crippen LogP contribution in [-0.2, 0) is 6.54 Å². The average Bonchev–Trinajstić information content (AvgIpc) is 2.49. The molecule has 0 aliphatic rings. The van der Waals surface area contributed by atoms with Gasteiger partial charge in [-0.3, -0.25) is 0 Å². The minimum Gasteiger partial charge on any atom is -0.399 e. The lowest BCUT2D eigenvalue weighted by Gasteiger charge is -2.25. The number of nitrogens with zero attached hydrogens (tertiary/aromatic N) is 2. The molecular weight excluding hydrogens is 265 g/mol. The van der Waals surface area contributed by atoms with E-state index in [1.54, 1.807) is 12.1 Å². The van der Waals surface area contributed by atoms with Crippen LogP contribution in [0.25, 0.3) is 0 Å². The van der Waals surface area contributed by atoms with Crippen LogP contribution in [0.2, 0.25) is 0 Å². The highest BCUT2D eigenvalue weighted by Gasteiger charge is 2.12. The van der Waals surface area contributed by atoms with Crippen LogP contribution in [0.3, 0.4) is 0 Å². The number of rotatable bonds is 5. The summed E-state index contributed by atoms with van der Waals surface area (Å²) in [5, 5.41) is 8.81. The molecule has 0 heterocycles. The van der Waals surface area contributed by atoms with Crippen molar-refractivity contribution in [1.82, 2.24) is 0 Å². The molecule has 0 fully saturated rings. The van der Waals surface area contributed by atoms with Gasteiger partial charge in [-0.05, 0) is 42.3 Å². The fourth-order valence-electron chi connectivity index (χ4n) is 2.23. The Morgan fingerprint density at radius 2 is 1.90 bits per heavy atom. The molecule has 0 unspecified atom stereocenters. The zero-order valence-corrected chi connectivity index (χ0v) is 12.0. The Bertz CT molecular complexity index is 644. The van der Waals surface area contributed by atoms with Gasteiger partial charge in [0, 0.05) is 18.8 Å². The van der Waals surface area contributed by atoms with E-state index >= 15 is 0 Å². The fraction of sp³-hybridized carbons (Fsp3) is 0.235. The van der Waals surface area contributed by atoms with Crippen molar-refractivity contribution in [2.45, 2.75) is 19.9 Å². The summed E-state index contributed by atoms with van der Waals surface area (Å²) in [5.41, 5.74) is 8.32. The number of hydrogen-bond donors (Lipinski definition) is 1. The second-order valence-corrected chi connectivity index (χ2v) is 4.94. The van der Waals surface area contributed by atoms with Crippen LogP contribution in [0.1, 0.15) is 24.5 Å². The summed E-state index contributed by atoms with van der Waals surface area (Å²) < 4.78 is 14.2. The Morgan fingerprint density at radius 1 is 1.19 bits per heavy atom. The first-order chi connectivity index (χ1) is 10.1. The molecule has 0 bridgehead atoms. The zero-order chi connectivity index (χ0) is 15.2. The summed E-state index contributed by atoms with van der Waals surface area (Å²) in [4.78, 5) is 1.97. The topological polar surface area (TPSA) is 53.0 Å². The normalized spacial score (nSPS) is 10.1. The maximum atomic E-state index is 14.2. The molecule has 0 spiro atoms. The van der Waals surface area contributed by atoms with Gasteiger partial charge in [0.1, 0.15) is 5.82 Å². The SMILES string of the molecule is CCCN(Cc1ccc(N)cc1)c1ccc(C#N)cc1F. The molecule has 0 atom stereocenters. The van der Waals surface area contributed by atoms with Gasteiger partial charge in [-0.1, -0.05) is 19.1 Å². The predicted molar refractivity (Wildman–Crippen MR) is 83.3 cm³/mol. The fourth-order valence-corrected chi connectivity index (χ4v) is 2.23. The van der Waals surface area contributed by atoms with E-state index in [1.807, 2.05) is 35.2 Å². The molecule has 2 N–H and O–H groups in total. The Labute approximate surface area is 124 Å². The van der Waals surface area contributed by atoms with Crippen LogP contribution in [0.5, 0.6) is 0 Å². The molecule has 0 radical (unpaired) electrons. The Morgan fingerprint density at radius 3 is 2.48 bits per heavy atom. The van der Waals surface area contributed by atoms with E-state index in [9.17, 15) is 4.39 Å². The molecule has 2 aromatic rings. The highest BCUT2D eigenvalue weighted by atomic mass is 19.1. The monoisotopic (exact) mass is 283 g/mol. The van der Waals surface area contributed by atoms with E-state index in [0.717, 1.165) is 18.5 Å². The molecule has 21 heavy (non-hydrogen) atoms. The van der Waals surface area contributed by atoms with E-state index in [1.165, 1.54) is 6.07 Å². The first-order valence-corrected chi connectivity index (χ1v) is 6.93. The molecule has 108 valence electrons. The molecule has 0 saturated heterocycles. The van der Waals surface area contributed by atoms with E-state index in [-0.39, 0.29) is 5.82 Å². The van der Waals surface area contributed by atoms with Gasteiger partial charge in [0.05, 0.1) is 17.3 Å². The van der Waals surface area contributed by atoms with Gasteiger partial charge in [-0.15, -0.1) is 0 Å². The second kappa shape index (κ2) is 6.76. The maximum Gasteiger partial charge on any atom is 0.147 e. The summed E-state index contributed by atoms with van der Waals surface area (Å²) >= 11 is 0. The molecule has 4 heteroatoms. The lowest BCUT2D eigenvalue weighted by molar-refractivity contribution is 0.614. The van der Waals surface area contributed by atoms with Crippen molar-refractivity contribution >= 4 is 11.4 Å². The zero-order valence-electron chi connectivity index (χ0n) is 12.0. The highest BCUT2D eigenvalue weighted by molar-refractivity contribution is 5.52. The molecule has 2 aromatic carbocycles. The molecule has 0 aliphatic heterocycles. The first kappa shape index (κ1) is 14.9. The standard InChI is InChI=1S/C17H18FN3/c1-2-9-21(12-13-3-6-15(20)7-4-13)17-8-5-14(11-19)10-16(17)18/h3-8,10H,2,9,12,20H2,1H3. The van der Waals surface area contributed by atoms with Crippen LogP contribution >= 0.6 is 0 Å². The number of benzene rings is 2. The van der Waals surface area contributed by atoms with Crippen molar-refractivity contribution in [3.05, 3.63) is 59.4 Å². The highest BCUT2D eigenvalue weighted by Crippen LogP contribution is 2.23. The number of nitriles is 1. The molecule has 2 rings (SSSR count). The molecule has 0 amide bonds. The van der Waals surface area contributed by atoms with E-state index in [4.69, 9.17) is 11.0 Å². The van der Waals surface area contributed by atoms with Crippen molar-refractivity contribution in [3.63, 3.8) is 0 Å². The predicted octanol–water partition coefficient (Wildman–Crippen LogP) is 3.70. The van der Waals surface area contributed by atoms with Gasteiger partial charge in [-0.25, -0.2) is 4.39 Å². The summed E-state index contributed by atoms with van der Waals surface area (Å²) in [6.45, 7) is 3.40. The van der Waals surface area contributed by atoms with Gasteiger partial charge in [-0.2, -0.15) is 5.26 Å². The smallest absolute Gasteiger partial charge is 0.147 e. The summed E-state index contributed by atoms with van der Waals surface area (Å²) in [7, 11) is 0. The minimum atomic E-state index is -0.363. The number of halogens is 1. The first-order valence-electron chi connectivity index (χ1n) is 6.93. The van der Waals surface area contributed by atoms with Gasteiger partial charge in [0.25, 0.3) is 0 Å². The summed E-state index contributed by atoms with van der Waals surface area (Å²) in [6.07, 6.45) is 0.911.